The maximum absolute atomic E-state index is 12.3. The summed E-state index contributed by atoms with van der Waals surface area (Å²) in [6.45, 7) is 1.54. The van der Waals surface area contributed by atoms with Gasteiger partial charge in [0.2, 0.25) is 0 Å². The smallest absolute Gasteiger partial charge is 0.178 e. The Morgan fingerprint density at radius 3 is 2.81 bits per heavy atom. The number of aliphatic hydroxyl groups is 2. The average Bonchev–Trinajstić information content (AvgIpc) is 3.00. The average molecular weight is 358 g/mol. The van der Waals surface area contributed by atoms with Crippen LogP contribution < -0.4 is 0 Å². The predicted octanol–water partition coefficient (Wildman–Crippen LogP) is 1.62. The number of ketones is 2. The first-order chi connectivity index (χ1) is 12.4. The van der Waals surface area contributed by atoms with Crippen LogP contribution in [0.5, 0.6) is 0 Å². The minimum atomic E-state index is -0.855. The summed E-state index contributed by atoms with van der Waals surface area (Å²) in [5, 5.41) is 20.4. The van der Waals surface area contributed by atoms with Gasteiger partial charge < -0.3 is 15.0 Å². The Kier molecular flexibility index (Phi) is 4.08. The number of aliphatic hydroxyl groups excluding tert-OH is 2. The highest BCUT2D eigenvalue weighted by molar-refractivity contribution is 6.01. The largest absolute Gasteiger partial charge is 0.393 e. The first-order valence-electron chi connectivity index (χ1n) is 9.59. The molecule has 5 heteroatoms. The van der Waals surface area contributed by atoms with Gasteiger partial charge in [0.15, 0.2) is 11.6 Å². The molecule has 0 bridgehead atoms. The van der Waals surface area contributed by atoms with Crippen LogP contribution in [-0.2, 0) is 14.4 Å². The summed E-state index contributed by atoms with van der Waals surface area (Å²) in [5.41, 5.74) is -0.152. The van der Waals surface area contributed by atoms with E-state index >= 15 is 0 Å². The minimum Gasteiger partial charge on any atom is -0.393 e. The highest BCUT2D eigenvalue weighted by atomic mass is 16.3. The summed E-state index contributed by atoms with van der Waals surface area (Å²) in [6, 6.07) is 0. The molecule has 0 aromatic rings. The molecule has 0 radical (unpaired) electrons. The monoisotopic (exact) mass is 358 g/mol. The molecule has 0 saturated heterocycles. The summed E-state index contributed by atoms with van der Waals surface area (Å²) in [4.78, 5) is 36.3. The molecule has 0 aliphatic heterocycles. The lowest BCUT2D eigenvalue weighted by atomic mass is 9.46. The number of fused-ring (bicyclic) bond motifs is 5. The fourth-order valence-corrected chi connectivity index (χ4v) is 6.81. The lowest BCUT2D eigenvalue weighted by molar-refractivity contribution is -0.153. The third kappa shape index (κ3) is 2.20. The Hall–Kier alpha value is -1.59. The van der Waals surface area contributed by atoms with Crippen molar-refractivity contribution in [2.45, 2.75) is 45.1 Å². The Morgan fingerprint density at radius 1 is 1.35 bits per heavy atom. The van der Waals surface area contributed by atoms with Crippen LogP contribution in [0.15, 0.2) is 23.8 Å². The second-order valence-corrected chi connectivity index (χ2v) is 8.78. The molecule has 0 aromatic carbocycles. The summed E-state index contributed by atoms with van der Waals surface area (Å²) < 4.78 is 0. The van der Waals surface area contributed by atoms with E-state index < -0.39 is 24.0 Å². The molecule has 0 amide bonds. The molecule has 3 fully saturated rings. The summed E-state index contributed by atoms with van der Waals surface area (Å²) in [7, 11) is 0. The molecule has 4 aliphatic carbocycles. The Morgan fingerprint density at radius 2 is 2.12 bits per heavy atom. The van der Waals surface area contributed by atoms with Gasteiger partial charge in [-0.05, 0) is 56.1 Å². The maximum Gasteiger partial charge on any atom is 0.178 e. The van der Waals surface area contributed by atoms with Crippen molar-refractivity contribution in [1.29, 1.82) is 0 Å². The van der Waals surface area contributed by atoms with Crippen molar-refractivity contribution in [3.05, 3.63) is 23.8 Å². The molecule has 5 nitrogen and oxygen atoms in total. The number of hydrogen-bond acceptors (Lipinski definition) is 5. The fourth-order valence-electron chi connectivity index (χ4n) is 6.81. The van der Waals surface area contributed by atoms with Gasteiger partial charge in [0.1, 0.15) is 12.9 Å². The van der Waals surface area contributed by atoms with Crippen LogP contribution in [0.3, 0.4) is 0 Å². The normalized spacial score (nSPS) is 46.8. The molecule has 0 aromatic heterocycles. The van der Waals surface area contributed by atoms with Crippen molar-refractivity contribution in [2.75, 3.05) is 6.61 Å². The first-order valence-corrected chi connectivity index (χ1v) is 9.59. The highest BCUT2D eigenvalue weighted by Crippen LogP contribution is 2.65. The van der Waals surface area contributed by atoms with Crippen molar-refractivity contribution < 1.29 is 24.6 Å². The second-order valence-electron chi connectivity index (χ2n) is 8.78. The van der Waals surface area contributed by atoms with Crippen LogP contribution in [0.4, 0.5) is 0 Å². The van der Waals surface area contributed by atoms with Crippen LogP contribution in [0, 0.1) is 34.5 Å². The highest BCUT2D eigenvalue weighted by Gasteiger charge is 2.64. The molecule has 140 valence electrons. The second kappa shape index (κ2) is 5.96. The Balaban J connectivity index is 1.75. The lowest BCUT2D eigenvalue weighted by Crippen LogP contribution is -2.57. The quantitative estimate of drug-likeness (QED) is 0.748. The molecule has 1 unspecified atom stereocenters. The van der Waals surface area contributed by atoms with Gasteiger partial charge in [-0.3, -0.25) is 9.59 Å². The van der Waals surface area contributed by atoms with Gasteiger partial charge in [0.25, 0.3) is 0 Å². The van der Waals surface area contributed by atoms with E-state index in [1.165, 1.54) is 0 Å². The Bertz CT molecular complexity index is 722. The van der Waals surface area contributed by atoms with Gasteiger partial charge in [-0.15, -0.1) is 0 Å². The van der Waals surface area contributed by atoms with Crippen LogP contribution in [-0.4, -0.2) is 40.8 Å². The number of carbonyl (C=O) groups excluding carboxylic acids is 3. The van der Waals surface area contributed by atoms with E-state index in [1.54, 1.807) is 12.2 Å². The number of rotatable bonds is 3. The van der Waals surface area contributed by atoms with Crippen LogP contribution in [0.25, 0.3) is 0 Å². The zero-order chi connectivity index (χ0) is 18.7. The Labute approximate surface area is 153 Å². The van der Waals surface area contributed by atoms with Gasteiger partial charge in [-0.1, -0.05) is 18.6 Å². The molecule has 4 aliphatic rings. The molecule has 7 atom stereocenters. The topological polar surface area (TPSA) is 91.7 Å². The molecule has 0 spiro atoms. The number of hydrogen-bond donors (Lipinski definition) is 2. The van der Waals surface area contributed by atoms with Gasteiger partial charge in [0.05, 0.1) is 6.10 Å². The zero-order valence-electron chi connectivity index (χ0n) is 15.1. The summed E-state index contributed by atoms with van der Waals surface area (Å²) >= 11 is 0. The van der Waals surface area contributed by atoms with E-state index in [-0.39, 0.29) is 41.2 Å². The van der Waals surface area contributed by atoms with Gasteiger partial charge >= 0.3 is 0 Å². The van der Waals surface area contributed by atoms with E-state index in [2.05, 4.69) is 6.92 Å². The number of aldehydes is 1. The molecule has 26 heavy (non-hydrogen) atoms. The first kappa shape index (κ1) is 17.8. The zero-order valence-corrected chi connectivity index (χ0v) is 15.1. The number of carbonyl (C=O) groups is 3. The fraction of sp³-hybridized carbons (Fsp3) is 0.667. The van der Waals surface area contributed by atoms with Crippen molar-refractivity contribution in [1.82, 2.24) is 0 Å². The molecule has 0 heterocycles. The third-order valence-corrected chi connectivity index (χ3v) is 7.87. The van der Waals surface area contributed by atoms with Gasteiger partial charge in [-0.25, -0.2) is 0 Å². The molecular formula is C21H26O5. The van der Waals surface area contributed by atoms with E-state index in [1.807, 2.05) is 6.08 Å². The van der Waals surface area contributed by atoms with E-state index in [0.29, 0.717) is 6.42 Å². The van der Waals surface area contributed by atoms with Crippen molar-refractivity contribution in [2.24, 2.45) is 34.5 Å². The van der Waals surface area contributed by atoms with E-state index in [0.717, 1.165) is 31.1 Å². The van der Waals surface area contributed by atoms with E-state index in [4.69, 9.17) is 0 Å². The molecule has 3 saturated carbocycles. The number of Topliss-reactive ketones (excluding diaryl/α,β-unsaturated/α-hetero) is 1. The van der Waals surface area contributed by atoms with Crippen molar-refractivity contribution >= 4 is 17.9 Å². The lowest BCUT2D eigenvalue weighted by Gasteiger charge is -2.58. The SMILES string of the molecule is C[C@]12C=CC(=O)C=C1CC[C@@H]1C2[C@@H](O)C[C@]2(C=O)[C@@H](C(=O)CO)CC[C@@H]12. The van der Waals surface area contributed by atoms with Gasteiger partial charge in [-0.2, -0.15) is 0 Å². The molecular weight excluding hydrogens is 332 g/mol. The summed E-state index contributed by atoms with van der Waals surface area (Å²) in [5.74, 6) is -0.626. The summed E-state index contributed by atoms with van der Waals surface area (Å²) in [6.07, 6.45) is 8.68. The predicted molar refractivity (Wildman–Crippen MR) is 94.0 cm³/mol. The van der Waals surface area contributed by atoms with Crippen LogP contribution >= 0.6 is 0 Å². The third-order valence-electron chi connectivity index (χ3n) is 7.87. The number of allylic oxidation sites excluding steroid dienone is 4. The van der Waals surface area contributed by atoms with E-state index in [9.17, 15) is 24.6 Å². The van der Waals surface area contributed by atoms with Gasteiger partial charge in [0, 0.05) is 22.7 Å². The minimum absolute atomic E-state index is 0.00191. The molecule has 4 rings (SSSR count). The molecule has 2 N–H and O–H groups in total. The van der Waals surface area contributed by atoms with Crippen molar-refractivity contribution in [3.8, 4) is 0 Å². The standard InChI is InChI=1S/C21H26O5/c1-20-7-6-13(24)8-12(20)2-3-14-15-4-5-16(18(26)10-22)21(15,11-23)9-17(25)19(14)20/h6-8,11,14-17,19,22,25H,2-5,9-10H2,1H3/t14-,15-,16+,17-,19?,20-,21+/m0/s1. The van der Waals surface area contributed by atoms with Crippen LogP contribution in [0.1, 0.15) is 39.0 Å². The maximum atomic E-state index is 12.3. The van der Waals surface area contributed by atoms with Crippen molar-refractivity contribution in [3.63, 3.8) is 0 Å². The van der Waals surface area contributed by atoms with Crippen LogP contribution in [0.2, 0.25) is 0 Å².